The third kappa shape index (κ3) is 4.57. The van der Waals surface area contributed by atoms with E-state index >= 15 is 0 Å². The first kappa shape index (κ1) is 17.4. The van der Waals surface area contributed by atoms with Crippen molar-refractivity contribution in [2.75, 3.05) is 11.1 Å². The Morgan fingerprint density at radius 3 is 2.70 bits per heavy atom. The van der Waals surface area contributed by atoms with Crippen LogP contribution in [-0.4, -0.2) is 21.4 Å². The molecule has 0 unspecified atom stereocenters. The number of carbonyl (C=O) groups excluding carboxylic acids is 1. The van der Waals surface area contributed by atoms with Crippen molar-refractivity contribution in [3.05, 3.63) is 90.8 Å². The minimum Gasteiger partial charge on any atom is -0.325 e. The van der Waals surface area contributed by atoms with Gasteiger partial charge < -0.3 is 5.32 Å². The number of fused-ring (bicyclic) bond motifs is 1. The number of rotatable bonds is 6. The Balaban J connectivity index is 1.36. The Morgan fingerprint density at radius 1 is 0.963 bits per heavy atom. The highest BCUT2D eigenvalue weighted by Gasteiger charge is 2.06. The molecule has 1 heterocycles. The number of amides is 1. The summed E-state index contributed by atoms with van der Waals surface area (Å²) in [5.41, 5.74) is 1.91. The third-order valence-corrected chi connectivity index (χ3v) is 5.20. The second-order valence-corrected chi connectivity index (χ2v) is 7.30. The van der Waals surface area contributed by atoms with Gasteiger partial charge in [0, 0.05) is 23.0 Å². The summed E-state index contributed by atoms with van der Waals surface area (Å²) < 4.78 is 1.86. The van der Waals surface area contributed by atoms with Crippen LogP contribution in [0.4, 0.5) is 5.69 Å². The topological polar surface area (TPSA) is 46.9 Å². The Kier molecular flexibility index (Phi) is 5.21. The lowest BCUT2D eigenvalue weighted by atomic mass is 10.1. The minimum atomic E-state index is -0.00982. The van der Waals surface area contributed by atoms with Crippen LogP contribution in [0.2, 0.25) is 0 Å². The van der Waals surface area contributed by atoms with Crippen LogP contribution in [0.5, 0.6) is 0 Å². The van der Waals surface area contributed by atoms with Crippen LogP contribution in [0.25, 0.3) is 10.8 Å². The Morgan fingerprint density at radius 2 is 1.85 bits per heavy atom. The second-order valence-electron chi connectivity index (χ2n) is 6.25. The van der Waals surface area contributed by atoms with Gasteiger partial charge in [-0.15, -0.1) is 11.8 Å². The predicted octanol–water partition coefficient (Wildman–Crippen LogP) is 4.82. The van der Waals surface area contributed by atoms with Crippen molar-refractivity contribution in [3.63, 3.8) is 0 Å². The van der Waals surface area contributed by atoms with Gasteiger partial charge in [-0.05, 0) is 46.7 Å². The number of anilines is 1. The van der Waals surface area contributed by atoms with Crippen LogP contribution < -0.4 is 5.32 Å². The zero-order valence-corrected chi connectivity index (χ0v) is 15.5. The molecular formula is C22H19N3OS. The summed E-state index contributed by atoms with van der Waals surface area (Å²) in [6.45, 7) is 0.683. The Bertz CT molecular complexity index is 1060. The SMILES string of the molecule is O=C(CSc1ccc2ccccc2c1)Nc1cccc(Cn2cccn2)c1. The van der Waals surface area contributed by atoms with Crippen LogP contribution in [0, 0.1) is 0 Å². The number of hydrogen-bond acceptors (Lipinski definition) is 3. The Labute approximate surface area is 162 Å². The maximum atomic E-state index is 12.3. The van der Waals surface area contributed by atoms with Gasteiger partial charge in [0.15, 0.2) is 0 Å². The molecule has 5 heteroatoms. The summed E-state index contributed by atoms with van der Waals surface area (Å²) in [4.78, 5) is 13.4. The van der Waals surface area contributed by atoms with Gasteiger partial charge in [-0.2, -0.15) is 5.10 Å². The van der Waals surface area contributed by atoms with Crippen molar-refractivity contribution < 1.29 is 4.79 Å². The van der Waals surface area contributed by atoms with Crippen molar-refractivity contribution in [3.8, 4) is 0 Å². The molecule has 0 saturated heterocycles. The fourth-order valence-electron chi connectivity index (χ4n) is 2.93. The van der Waals surface area contributed by atoms with E-state index in [0.717, 1.165) is 16.1 Å². The highest BCUT2D eigenvalue weighted by atomic mass is 32.2. The molecule has 4 aromatic rings. The standard InChI is InChI=1S/C22H19N3OS/c26-22(16-27-21-10-9-18-6-1-2-7-19(18)14-21)24-20-8-3-5-17(13-20)15-25-12-4-11-23-25/h1-14H,15-16H2,(H,24,26). The highest BCUT2D eigenvalue weighted by Crippen LogP contribution is 2.24. The summed E-state index contributed by atoms with van der Waals surface area (Å²) in [5.74, 6) is 0.367. The van der Waals surface area contributed by atoms with Crippen molar-refractivity contribution in [1.29, 1.82) is 0 Å². The van der Waals surface area contributed by atoms with Crippen LogP contribution in [0.3, 0.4) is 0 Å². The first-order valence-electron chi connectivity index (χ1n) is 8.74. The average Bonchev–Trinajstić information content (AvgIpc) is 3.19. The molecule has 1 aromatic heterocycles. The van der Waals surface area contributed by atoms with E-state index in [9.17, 15) is 4.79 Å². The van der Waals surface area contributed by atoms with Crippen LogP contribution in [0.1, 0.15) is 5.56 Å². The minimum absolute atomic E-state index is 0.00982. The molecule has 0 radical (unpaired) electrons. The van der Waals surface area contributed by atoms with Crippen molar-refractivity contribution in [2.24, 2.45) is 0 Å². The van der Waals surface area contributed by atoms with Gasteiger partial charge in [-0.25, -0.2) is 0 Å². The number of nitrogens with one attached hydrogen (secondary N) is 1. The first-order chi connectivity index (χ1) is 13.3. The number of nitrogens with zero attached hydrogens (tertiary/aromatic N) is 2. The Hall–Kier alpha value is -3.05. The van der Waals surface area contributed by atoms with Crippen molar-refractivity contribution >= 4 is 34.1 Å². The summed E-state index contributed by atoms with van der Waals surface area (Å²) in [5, 5.41) is 9.59. The van der Waals surface area contributed by atoms with E-state index in [-0.39, 0.29) is 5.91 Å². The third-order valence-electron chi connectivity index (χ3n) is 4.21. The van der Waals surface area contributed by atoms with Crippen LogP contribution in [0.15, 0.2) is 90.1 Å². The van der Waals surface area contributed by atoms with Crippen LogP contribution >= 0.6 is 11.8 Å². The maximum Gasteiger partial charge on any atom is 0.234 e. The fraction of sp³-hybridized carbons (Fsp3) is 0.0909. The quantitative estimate of drug-likeness (QED) is 0.493. The summed E-state index contributed by atoms with van der Waals surface area (Å²) in [7, 11) is 0. The average molecular weight is 373 g/mol. The molecule has 134 valence electrons. The zero-order valence-electron chi connectivity index (χ0n) is 14.7. The first-order valence-corrected chi connectivity index (χ1v) is 9.73. The maximum absolute atomic E-state index is 12.3. The number of carbonyl (C=O) groups is 1. The normalized spacial score (nSPS) is 10.8. The van der Waals surface area contributed by atoms with Gasteiger partial charge in [-0.1, -0.05) is 42.5 Å². The fourth-order valence-corrected chi connectivity index (χ4v) is 3.68. The van der Waals surface area contributed by atoms with E-state index in [0.29, 0.717) is 12.3 Å². The van der Waals surface area contributed by atoms with Crippen molar-refractivity contribution in [1.82, 2.24) is 9.78 Å². The molecule has 0 aliphatic heterocycles. The molecule has 0 saturated carbocycles. The lowest BCUT2D eigenvalue weighted by molar-refractivity contribution is -0.113. The molecule has 3 aromatic carbocycles. The molecule has 1 N–H and O–H groups in total. The lowest BCUT2D eigenvalue weighted by Gasteiger charge is -2.08. The van der Waals surface area contributed by atoms with Crippen LogP contribution in [-0.2, 0) is 11.3 Å². The molecule has 1 amide bonds. The molecule has 0 aliphatic carbocycles. The van der Waals surface area contributed by atoms with E-state index in [4.69, 9.17) is 0 Å². The molecule has 0 aliphatic rings. The summed E-state index contributed by atoms with van der Waals surface area (Å²) in [6, 6.07) is 24.3. The number of aromatic nitrogens is 2. The number of hydrogen-bond donors (Lipinski definition) is 1. The van der Waals surface area contributed by atoms with E-state index < -0.39 is 0 Å². The molecule has 4 rings (SSSR count). The molecule has 27 heavy (non-hydrogen) atoms. The van der Waals surface area contributed by atoms with E-state index in [1.54, 1.807) is 18.0 Å². The van der Waals surface area contributed by atoms with Gasteiger partial charge in [0.05, 0.1) is 12.3 Å². The molecule has 0 bridgehead atoms. The molecule has 0 fully saturated rings. The van der Waals surface area contributed by atoms with Crippen molar-refractivity contribution in [2.45, 2.75) is 11.4 Å². The largest absolute Gasteiger partial charge is 0.325 e. The van der Waals surface area contributed by atoms with Gasteiger partial charge in [0.1, 0.15) is 0 Å². The number of benzene rings is 3. The summed E-state index contributed by atoms with van der Waals surface area (Å²) >= 11 is 1.54. The van der Waals surface area contributed by atoms with E-state index in [1.807, 2.05) is 53.3 Å². The van der Waals surface area contributed by atoms with Gasteiger partial charge >= 0.3 is 0 Å². The van der Waals surface area contributed by atoms with E-state index in [1.165, 1.54) is 10.8 Å². The predicted molar refractivity (Wildman–Crippen MR) is 111 cm³/mol. The summed E-state index contributed by atoms with van der Waals surface area (Å²) in [6.07, 6.45) is 3.68. The lowest BCUT2D eigenvalue weighted by Crippen LogP contribution is -2.14. The van der Waals surface area contributed by atoms with E-state index in [2.05, 4.69) is 40.7 Å². The molecule has 0 spiro atoms. The molecule has 0 atom stereocenters. The van der Waals surface area contributed by atoms with Gasteiger partial charge in [0.2, 0.25) is 5.91 Å². The second kappa shape index (κ2) is 8.10. The van der Waals surface area contributed by atoms with Gasteiger partial charge in [0.25, 0.3) is 0 Å². The monoisotopic (exact) mass is 373 g/mol. The molecular weight excluding hydrogens is 354 g/mol. The number of thioether (sulfide) groups is 1. The smallest absolute Gasteiger partial charge is 0.234 e. The van der Waals surface area contributed by atoms with Gasteiger partial charge in [-0.3, -0.25) is 9.48 Å². The zero-order chi connectivity index (χ0) is 18.5. The highest BCUT2D eigenvalue weighted by molar-refractivity contribution is 8.00. The molecule has 4 nitrogen and oxygen atoms in total.